The van der Waals surface area contributed by atoms with Crippen LogP contribution in [0.1, 0.15) is 12.0 Å². The summed E-state index contributed by atoms with van der Waals surface area (Å²) in [5.41, 5.74) is 1.90. The lowest BCUT2D eigenvalue weighted by Gasteiger charge is -2.11. The third-order valence-corrected chi connectivity index (χ3v) is 7.48. The summed E-state index contributed by atoms with van der Waals surface area (Å²) < 4.78 is 27.6. The first kappa shape index (κ1) is 23.5. The number of hydrogen-bond acceptors (Lipinski definition) is 4. The van der Waals surface area contributed by atoms with Gasteiger partial charge >= 0.3 is 0 Å². The molecule has 0 spiro atoms. The Morgan fingerprint density at radius 3 is 2.32 bits per heavy atom. The fraction of sp³-hybridized carbons (Fsp3) is 0.136. The molecule has 0 aliphatic heterocycles. The molecule has 0 radical (unpaired) electrons. The van der Waals surface area contributed by atoms with Crippen molar-refractivity contribution in [1.29, 1.82) is 0 Å². The average molecular weight is 495 g/mol. The summed E-state index contributed by atoms with van der Waals surface area (Å²) >= 11 is 13.6. The third kappa shape index (κ3) is 6.64. The Bertz CT molecular complexity index is 1170. The van der Waals surface area contributed by atoms with Gasteiger partial charge in [-0.2, -0.15) is 0 Å². The van der Waals surface area contributed by atoms with E-state index in [4.69, 9.17) is 23.2 Å². The van der Waals surface area contributed by atoms with Gasteiger partial charge in [0.1, 0.15) is 0 Å². The molecule has 0 saturated heterocycles. The zero-order chi connectivity index (χ0) is 22.4. The molecule has 3 aromatic rings. The minimum absolute atomic E-state index is 0.0384. The van der Waals surface area contributed by atoms with Crippen molar-refractivity contribution in [3.63, 3.8) is 0 Å². The first-order valence-electron chi connectivity index (χ1n) is 9.31. The maximum Gasteiger partial charge on any atom is 0.261 e. The summed E-state index contributed by atoms with van der Waals surface area (Å²) in [4.78, 5) is 13.3. The van der Waals surface area contributed by atoms with Crippen LogP contribution in [0, 0.1) is 6.92 Å². The van der Waals surface area contributed by atoms with Gasteiger partial charge in [0.15, 0.2) is 0 Å². The predicted molar refractivity (Wildman–Crippen MR) is 129 cm³/mol. The van der Waals surface area contributed by atoms with Gasteiger partial charge in [-0.1, -0.05) is 47.0 Å². The number of aryl methyl sites for hydroxylation is 1. The summed E-state index contributed by atoms with van der Waals surface area (Å²) in [7, 11) is -3.85. The molecule has 0 heterocycles. The normalized spacial score (nSPS) is 11.2. The van der Waals surface area contributed by atoms with Crippen LogP contribution in [0.25, 0.3) is 0 Å². The molecule has 5 nitrogen and oxygen atoms in total. The molecule has 0 fully saturated rings. The zero-order valence-electron chi connectivity index (χ0n) is 16.6. The van der Waals surface area contributed by atoms with E-state index >= 15 is 0 Å². The monoisotopic (exact) mass is 494 g/mol. The maximum atomic E-state index is 12.6. The summed E-state index contributed by atoms with van der Waals surface area (Å²) in [6.07, 6.45) is 0.341. The van der Waals surface area contributed by atoms with Crippen LogP contribution in [0.5, 0.6) is 0 Å². The third-order valence-electron chi connectivity index (χ3n) is 4.26. The van der Waals surface area contributed by atoms with Crippen LogP contribution < -0.4 is 10.0 Å². The van der Waals surface area contributed by atoms with Crippen molar-refractivity contribution in [1.82, 2.24) is 0 Å². The standard InChI is InChI=1S/C22H20Cl2N2O3S2/c1-15-5-9-17(10-6-15)30-14-13-21(27)25-16-7-11-18(12-8-16)31(28,29)26-20-4-2-3-19(23)22(20)24/h2-12,26H,13-14H2,1H3,(H,25,27). The van der Waals surface area contributed by atoms with Gasteiger partial charge in [-0.25, -0.2) is 8.42 Å². The Labute approximate surface area is 196 Å². The SMILES string of the molecule is Cc1ccc(SCCC(=O)Nc2ccc(S(=O)(=O)Nc3cccc(Cl)c3Cl)cc2)cc1. The van der Waals surface area contributed by atoms with Crippen molar-refractivity contribution in [3.05, 3.63) is 82.3 Å². The maximum absolute atomic E-state index is 12.6. The molecular weight excluding hydrogens is 475 g/mol. The molecule has 162 valence electrons. The summed E-state index contributed by atoms with van der Waals surface area (Å²) in [6.45, 7) is 2.03. The first-order valence-corrected chi connectivity index (χ1v) is 12.5. The minimum Gasteiger partial charge on any atom is -0.326 e. The average Bonchev–Trinajstić information content (AvgIpc) is 2.73. The highest BCUT2D eigenvalue weighted by molar-refractivity contribution is 7.99. The molecule has 0 unspecified atom stereocenters. The Hall–Kier alpha value is -2.19. The summed E-state index contributed by atoms with van der Waals surface area (Å²) in [5.74, 6) is 0.505. The highest BCUT2D eigenvalue weighted by Crippen LogP contribution is 2.31. The van der Waals surface area contributed by atoms with Crippen LogP contribution in [0.3, 0.4) is 0 Å². The minimum atomic E-state index is -3.85. The number of thioether (sulfide) groups is 1. The second-order valence-electron chi connectivity index (χ2n) is 6.69. The van der Waals surface area contributed by atoms with Gasteiger partial charge in [0, 0.05) is 22.8 Å². The van der Waals surface area contributed by atoms with Crippen molar-refractivity contribution < 1.29 is 13.2 Å². The number of amides is 1. The number of rotatable bonds is 8. The summed E-state index contributed by atoms with van der Waals surface area (Å²) in [5, 5.41) is 3.15. The lowest BCUT2D eigenvalue weighted by molar-refractivity contribution is -0.115. The molecule has 0 atom stereocenters. The molecule has 0 saturated carbocycles. The number of benzene rings is 3. The van der Waals surface area contributed by atoms with Gasteiger partial charge in [-0.15, -0.1) is 11.8 Å². The summed E-state index contributed by atoms with van der Waals surface area (Å²) in [6, 6.07) is 18.7. The topological polar surface area (TPSA) is 75.3 Å². The largest absolute Gasteiger partial charge is 0.326 e. The smallest absolute Gasteiger partial charge is 0.261 e. The van der Waals surface area contributed by atoms with E-state index in [1.807, 2.05) is 31.2 Å². The molecule has 0 aromatic heterocycles. The van der Waals surface area contributed by atoms with Crippen LogP contribution in [0.2, 0.25) is 10.0 Å². The molecule has 2 N–H and O–H groups in total. The highest BCUT2D eigenvalue weighted by Gasteiger charge is 2.17. The van der Waals surface area contributed by atoms with Crippen LogP contribution in [-0.2, 0) is 14.8 Å². The molecule has 9 heteroatoms. The van der Waals surface area contributed by atoms with Gasteiger partial charge in [-0.3, -0.25) is 9.52 Å². The number of carbonyl (C=O) groups is 1. The number of sulfonamides is 1. The van der Waals surface area contributed by atoms with E-state index in [0.29, 0.717) is 17.9 Å². The molecular formula is C22H20Cl2N2O3S2. The van der Waals surface area contributed by atoms with E-state index in [1.165, 1.54) is 23.8 Å². The molecule has 0 bridgehead atoms. The van der Waals surface area contributed by atoms with Crippen LogP contribution in [0.15, 0.2) is 76.5 Å². The lowest BCUT2D eigenvalue weighted by atomic mass is 10.2. The number of hydrogen-bond donors (Lipinski definition) is 2. The van der Waals surface area contributed by atoms with E-state index in [1.54, 1.807) is 36.0 Å². The number of halogens is 2. The molecule has 31 heavy (non-hydrogen) atoms. The van der Waals surface area contributed by atoms with E-state index in [0.717, 1.165) is 4.90 Å². The Morgan fingerprint density at radius 2 is 1.65 bits per heavy atom. The van der Waals surface area contributed by atoms with Crippen molar-refractivity contribution in [2.75, 3.05) is 15.8 Å². The van der Waals surface area contributed by atoms with E-state index in [2.05, 4.69) is 10.0 Å². The number of anilines is 2. The van der Waals surface area contributed by atoms with Crippen molar-refractivity contribution in [3.8, 4) is 0 Å². The second kappa shape index (κ2) is 10.4. The Kier molecular flexibility index (Phi) is 7.89. The highest BCUT2D eigenvalue weighted by atomic mass is 35.5. The quantitative estimate of drug-likeness (QED) is 0.364. The fourth-order valence-corrected chi connectivity index (χ4v) is 4.95. The molecule has 1 amide bonds. The molecule has 3 rings (SSSR count). The van der Waals surface area contributed by atoms with E-state index in [9.17, 15) is 13.2 Å². The molecule has 0 aliphatic rings. The Morgan fingerprint density at radius 1 is 0.968 bits per heavy atom. The molecule has 3 aromatic carbocycles. The van der Waals surface area contributed by atoms with E-state index < -0.39 is 10.0 Å². The molecule has 0 aliphatic carbocycles. The predicted octanol–water partition coefficient (Wildman–Crippen LogP) is 6.22. The van der Waals surface area contributed by atoms with Crippen molar-refractivity contribution in [2.45, 2.75) is 23.1 Å². The van der Waals surface area contributed by atoms with Crippen LogP contribution >= 0.6 is 35.0 Å². The number of carbonyl (C=O) groups excluding carboxylic acids is 1. The first-order chi connectivity index (χ1) is 14.7. The zero-order valence-corrected chi connectivity index (χ0v) is 19.7. The number of nitrogens with one attached hydrogen (secondary N) is 2. The van der Waals surface area contributed by atoms with Gasteiger partial charge in [-0.05, 0) is 55.5 Å². The van der Waals surface area contributed by atoms with Gasteiger partial charge in [0.05, 0.1) is 20.6 Å². The van der Waals surface area contributed by atoms with Gasteiger partial charge in [0.25, 0.3) is 10.0 Å². The van der Waals surface area contributed by atoms with Crippen molar-refractivity contribution in [2.24, 2.45) is 0 Å². The van der Waals surface area contributed by atoms with E-state index in [-0.39, 0.29) is 26.5 Å². The van der Waals surface area contributed by atoms with Crippen molar-refractivity contribution >= 4 is 62.3 Å². The van der Waals surface area contributed by atoms with Gasteiger partial charge in [0.2, 0.25) is 5.91 Å². The van der Waals surface area contributed by atoms with Crippen LogP contribution in [0.4, 0.5) is 11.4 Å². The van der Waals surface area contributed by atoms with Gasteiger partial charge < -0.3 is 5.32 Å². The fourth-order valence-electron chi connectivity index (χ4n) is 2.62. The lowest BCUT2D eigenvalue weighted by Crippen LogP contribution is -2.14. The Balaban J connectivity index is 1.55. The van der Waals surface area contributed by atoms with Crippen LogP contribution in [-0.4, -0.2) is 20.1 Å². The second-order valence-corrected chi connectivity index (χ2v) is 10.3.